The van der Waals surface area contributed by atoms with E-state index in [0.29, 0.717) is 18.9 Å². The minimum absolute atomic E-state index is 0.00514. The Morgan fingerprint density at radius 2 is 1.86 bits per heavy atom. The van der Waals surface area contributed by atoms with Crippen molar-refractivity contribution in [3.8, 4) is 0 Å². The average Bonchev–Trinajstić information content (AvgIpc) is 2.74. The summed E-state index contributed by atoms with van der Waals surface area (Å²) in [5.74, 6) is -0.235. The molecule has 1 aliphatic heterocycles. The molecule has 4 nitrogen and oxygen atoms in total. The van der Waals surface area contributed by atoms with Gasteiger partial charge in [-0.1, -0.05) is 19.3 Å². The fourth-order valence-electron chi connectivity index (χ4n) is 3.56. The summed E-state index contributed by atoms with van der Waals surface area (Å²) in [7, 11) is 0. The lowest BCUT2D eigenvalue weighted by Crippen LogP contribution is -2.36. The summed E-state index contributed by atoms with van der Waals surface area (Å²) in [5.41, 5.74) is -0.434. The van der Waals surface area contributed by atoms with Crippen molar-refractivity contribution in [1.82, 2.24) is 0 Å². The Bertz CT molecular complexity index is 377. The lowest BCUT2D eigenvalue weighted by molar-refractivity contribution is -0.167. The van der Waals surface area contributed by atoms with Crippen molar-refractivity contribution >= 4 is 5.97 Å². The number of esters is 1. The molecule has 4 heteroatoms. The van der Waals surface area contributed by atoms with E-state index in [1.807, 2.05) is 34.6 Å². The van der Waals surface area contributed by atoms with Crippen LogP contribution in [0.25, 0.3) is 0 Å². The quantitative estimate of drug-likeness (QED) is 0.734. The van der Waals surface area contributed by atoms with E-state index in [1.165, 1.54) is 19.3 Å². The summed E-state index contributed by atoms with van der Waals surface area (Å²) in [6.07, 6.45) is 6.68. The van der Waals surface area contributed by atoms with Gasteiger partial charge in [0.2, 0.25) is 0 Å². The molecule has 1 heterocycles. The van der Waals surface area contributed by atoms with Gasteiger partial charge in [-0.3, -0.25) is 4.79 Å². The zero-order chi connectivity index (χ0) is 16.4. The topological polar surface area (TPSA) is 44.8 Å². The van der Waals surface area contributed by atoms with Gasteiger partial charge in [0.25, 0.3) is 0 Å². The highest BCUT2D eigenvalue weighted by molar-refractivity contribution is 5.73. The van der Waals surface area contributed by atoms with E-state index in [1.54, 1.807) is 0 Å². The van der Waals surface area contributed by atoms with Crippen molar-refractivity contribution in [3.05, 3.63) is 0 Å². The zero-order valence-electron chi connectivity index (χ0n) is 14.8. The second-order valence-corrected chi connectivity index (χ2v) is 8.22. The Labute approximate surface area is 134 Å². The van der Waals surface area contributed by atoms with Gasteiger partial charge in [-0.15, -0.1) is 0 Å². The SMILES string of the molecule is CC(C)(C)OC(=O)C(C[C@H]1COC(C)(C)O1)C1CCCCC1. The van der Waals surface area contributed by atoms with E-state index in [0.717, 1.165) is 12.8 Å². The normalized spacial score (nSPS) is 27.6. The van der Waals surface area contributed by atoms with E-state index in [2.05, 4.69) is 0 Å². The van der Waals surface area contributed by atoms with Crippen LogP contribution < -0.4 is 0 Å². The van der Waals surface area contributed by atoms with Crippen molar-refractivity contribution < 1.29 is 19.0 Å². The standard InChI is InChI=1S/C18H32O4/c1-17(2,3)22-16(19)15(13-9-7-6-8-10-13)11-14-12-20-18(4,5)21-14/h13-15H,6-12H2,1-5H3/t14-,15?/m0/s1. The Hall–Kier alpha value is -0.610. The second kappa shape index (κ2) is 6.88. The summed E-state index contributed by atoms with van der Waals surface area (Å²) in [4.78, 5) is 12.7. The largest absolute Gasteiger partial charge is 0.460 e. The van der Waals surface area contributed by atoms with E-state index >= 15 is 0 Å². The smallest absolute Gasteiger partial charge is 0.309 e. The highest BCUT2D eigenvalue weighted by Gasteiger charge is 2.39. The van der Waals surface area contributed by atoms with Crippen LogP contribution in [0.2, 0.25) is 0 Å². The van der Waals surface area contributed by atoms with Crippen LogP contribution in [-0.4, -0.2) is 30.1 Å². The number of hydrogen-bond donors (Lipinski definition) is 0. The number of carbonyl (C=O) groups excluding carboxylic acids is 1. The maximum absolute atomic E-state index is 12.7. The molecule has 128 valence electrons. The van der Waals surface area contributed by atoms with Gasteiger partial charge in [0.15, 0.2) is 5.79 Å². The molecule has 0 bridgehead atoms. The third-order valence-electron chi connectivity index (χ3n) is 4.51. The van der Waals surface area contributed by atoms with E-state index in [4.69, 9.17) is 14.2 Å². The molecule has 1 saturated heterocycles. The van der Waals surface area contributed by atoms with Crippen LogP contribution in [0.15, 0.2) is 0 Å². The molecule has 2 fully saturated rings. The van der Waals surface area contributed by atoms with Crippen LogP contribution >= 0.6 is 0 Å². The molecule has 0 aromatic rings. The molecule has 0 radical (unpaired) electrons. The van der Waals surface area contributed by atoms with Crippen molar-refractivity contribution in [2.45, 2.75) is 90.6 Å². The van der Waals surface area contributed by atoms with Gasteiger partial charge in [0.1, 0.15) is 5.60 Å². The molecule has 1 saturated carbocycles. The zero-order valence-corrected chi connectivity index (χ0v) is 14.8. The van der Waals surface area contributed by atoms with Crippen LogP contribution in [0.4, 0.5) is 0 Å². The molecule has 0 spiro atoms. The van der Waals surface area contributed by atoms with Gasteiger partial charge in [-0.05, 0) is 59.8 Å². The predicted octanol–water partition coefficient (Wildman–Crippen LogP) is 4.07. The highest BCUT2D eigenvalue weighted by atomic mass is 16.7. The van der Waals surface area contributed by atoms with Gasteiger partial charge in [-0.2, -0.15) is 0 Å². The van der Waals surface area contributed by atoms with E-state index < -0.39 is 11.4 Å². The summed E-state index contributed by atoms with van der Waals surface area (Å²) in [5, 5.41) is 0. The lowest BCUT2D eigenvalue weighted by atomic mass is 9.77. The first-order valence-electron chi connectivity index (χ1n) is 8.71. The van der Waals surface area contributed by atoms with Crippen LogP contribution in [0.1, 0.15) is 73.1 Å². The Kier molecular flexibility index (Phi) is 5.54. The van der Waals surface area contributed by atoms with Crippen molar-refractivity contribution in [3.63, 3.8) is 0 Å². The Balaban J connectivity index is 2.02. The van der Waals surface area contributed by atoms with Crippen LogP contribution in [0.5, 0.6) is 0 Å². The lowest BCUT2D eigenvalue weighted by Gasteiger charge is -2.32. The average molecular weight is 312 g/mol. The number of ether oxygens (including phenoxy) is 3. The van der Waals surface area contributed by atoms with Crippen molar-refractivity contribution in [2.75, 3.05) is 6.61 Å². The van der Waals surface area contributed by atoms with Crippen LogP contribution in [-0.2, 0) is 19.0 Å². The number of hydrogen-bond acceptors (Lipinski definition) is 4. The highest BCUT2D eigenvalue weighted by Crippen LogP contribution is 2.36. The molecule has 2 atom stereocenters. The Morgan fingerprint density at radius 3 is 2.36 bits per heavy atom. The first-order chi connectivity index (χ1) is 10.2. The molecule has 1 unspecified atom stereocenters. The van der Waals surface area contributed by atoms with Gasteiger partial charge < -0.3 is 14.2 Å². The minimum atomic E-state index is -0.532. The molecule has 1 aliphatic carbocycles. The Morgan fingerprint density at radius 1 is 1.23 bits per heavy atom. The van der Waals surface area contributed by atoms with E-state index in [9.17, 15) is 4.79 Å². The molecule has 22 heavy (non-hydrogen) atoms. The van der Waals surface area contributed by atoms with Crippen molar-refractivity contribution in [2.24, 2.45) is 11.8 Å². The third-order valence-corrected chi connectivity index (χ3v) is 4.51. The van der Waals surface area contributed by atoms with E-state index in [-0.39, 0.29) is 18.0 Å². The first-order valence-corrected chi connectivity index (χ1v) is 8.71. The molecular weight excluding hydrogens is 280 g/mol. The van der Waals surface area contributed by atoms with Gasteiger partial charge >= 0.3 is 5.97 Å². The third kappa shape index (κ3) is 5.24. The molecule has 2 aliphatic rings. The molecule has 0 amide bonds. The fourth-order valence-corrected chi connectivity index (χ4v) is 3.56. The summed E-state index contributed by atoms with van der Waals surface area (Å²) in [6, 6.07) is 0. The molecule has 0 aromatic carbocycles. The van der Waals surface area contributed by atoms with Crippen LogP contribution in [0.3, 0.4) is 0 Å². The number of carbonyl (C=O) groups is 1. The maximum atomic E-state index is 12.7. The summed E-state index contributed by atoms with van der Waals surface area (Å²) in [6.45, 7) is 10.2. The molecular formula is C18H32O4. The van der Waals surface area contributed by atoms with Crippen molar-refractivity contribution in [1.29, 1.82) is 0 Å². The summed E-state index contributed by atoms with van der Waals surface area (Å²) >= 11 is 0. The first kappa shape index (κ1) is 17.7. The van der Waals surface area contributed by atoms with Gasteiger partial charge in [-0.25, -0.2) is 0 Å². The molecule has 0 aromatic heterocycles. The number of rotatable bonds is 4. The second-order valence-electron chi connectivity index (χ2n) is 8.22. The maximum Gasteiger partial charge on any atom is 0.309 e. The van der Waals surface area contributed by atoms with Gasteiger partial charge in [0.05, 0.1) is 18.6 Å². The monoisotopic (exact) mass is 312 g/mol. The molecule has 2 rings (SSSR count). The summed E-state index contributed by atoms with van der Waals surface area (Å²) < 4.78 is 17.2. The fraction of sp³-hybridized carbons (Fsp3) is 0.944. The van der Waals surface area contributed by atoms with Crippen LogP contribution in [0, 0.1) is 11.8 Å². The molecule has 0 N–H and O–H groups in total. The van der Waals surface area contributed by atoms with Gasteiger partial charge in [0, 0.05) is 0 Å². The predicted molar refractivity (Wildman–Crippen MR) is 85.4 cm³/mol. The minimum Gasteiger partial charge on any atom is -0.460 e.